The van der Waals surface area contributed by atoms with Gasteiger partial charge in [0, 0.05) is 6.08 Å². The number of carbonyl (C=O) groups is 1. The zero-order valence-corrected chi connectivity index (χ0v) is 9.83. The molecule has 0 heterocycles. The molecule has 0 fully saturated rings. The van der Waals surface area contributed by atoms with E-state index in [1.807, 2.05) is 6.92 Å². The highest BCUT2D eigenvalue weighted by Crippen LogP contribution is 2.29. The third kappa shape index (κ3) is 4.61. The van der Waals surface area contributed by atoms with E-state index in [0.717, 1.165) is 18.2 Å². The number of hydrogen-bond donors (Lipinski definition) is 0. The second-order valence-corrected chi connectivity index (χ2v) is 3.62. The van der Waals surface area contributed by atoms with Gasteiger partial charge in [0.2, 0.25) is 0 Å². The number of alkyl halides is 3. The summed E-state index contributed by atoms with van der Waals surface area (Å²) >= 11 is 0. The molecule has 0 amide bonds. The van der Waals surface area contributed by atoms with Gasteiger partial charge < -0.3 is 4.74 Å². The molecular weight excluding hydrogens is 245 g/mol. The van der Waals surface area contributed by atoms with E-state index in [1.165, 1.54) is 18.2 Å². The van der Waals surface area contributed by atoms with E-state index in [1.54, 1.807) is 0 Å². The molecule has 0 radical (unpaired) electrons. The number of esters is 1. The average molecular weight is 258 g/mol. The minimum Gasteiger partial charge on any atom is -0.463 e. The number of ether oxygens (including phenoxy) is 1. The van der Waals surface area contributed by atoms with Gasteiger partial charge in [-0.1, -0.05) is 19.1 Å². The molecule has 0 saturated carbocycles. The standard InChI is InChI=1S/C13H13F3O2/c1-2-8-18-12(17)7-6-10-4-3-5-11(9-10)13(14,15)16/h3-7,9H,2,8H2,1H3/b7-6+. The van der Waals surface area contributed by atoms with Crippen molar-refractivity contribution in [3.05, 3.63) is 41.5 Å². The lowest BCUT2D eigenvalue weighted by Gasteiger charge is -2.06. The molecule has 0 aliphatic heterocycles. The smallest absolute Gasteiger partial charge is 0.416 e. The number of carbonyl (C=O) groups excluding carboxylic acids is 1. The molecule has 0 aromatic heterocycles. The second kappa shape index (κ2) is 6.23. The van der Waals surface area contributed by atoms with Crippen molar-refractivity contribution in [2.75, 3.05) is 6.61 Å². The lowest BCUT2D eigenvalue weighted by Crippen LogP contribution is -2.04. The first kappa shape index (κ1) is 14.3. The molecule has 0 aliphatic rings. The van der Waals surface area contributed by atoms with Gasteiger partial charge in [-0.25, -0.2) is 4.79 Å². The van der Waals surface area contributed by atoms with Gasteiger partial charge in [0.1, 0.15) is 0 Å². The van der Waals surface area contributed by atoms with Crippen LogP contribution in [0.15, 0.2) is 30.3 Å². The first-order valence-electron chi connectivity index (χ1n) is 5.45. The van der Waals surface area contributed by atoms with Crippen LogP contribution in [0.1, 0.15) is 24.5 Å². The van der Waals surface area contributed by atoms with Crippen molar-refractivity contribution < 1.29 is 22.7 Å². The van der Waals surface area contributed by atoms with Gasteiger partial charge in [-0.3, -0.25) is 0 Å². The highest BCUT2D eigenvalue weighted by molar-refractivity contribution is 5.87. The summed E-state index contributed by atoms with van der Waals surface area (Å²) in [6.07, 6.45) is -1.27. The predicted octanol–water partition coefficient (Wildman–Crippen LogP) is 3.67. The first-order chi connectivity index (χ1) is 8.43. The number of hydrogen-bond acceptors (Lipinski definition) is 2. The molecule has 0 unspecified atom stereocenters. The Morgan fingerprint density at radius 1 is 1.39 bits per heavy atom. The summed E-state index contributed by atoms with van der Waals surface area (Å²) in [7, 11) is 0. The molecule has 1 aromatic carbocycles. The van der Waals surface area contributed by atoms with Crippen molar-refractivity contribution in [1.82, 2.24) is 0 Å². The van der Waals surface area contributed by atoms with E-state index in [0.29, 0.717) is 18.6 Å². The third-order valence-electron chi connectivity index (χ3n) is 2.07. The quantitative estimate of drug-likeness (QED) is 0.608. The van der Waals surface area contributed by atoms with Crippen molar-refractivity contribution >= 4 is 12.0 Å². The summed E-state index contributed by atoms with van der Waals surface area (Å²) in [6.45, 7) is 2.15. The fourth-order valence-corrected chi connectivity index (χ4v) is 1.23. The molecule has 18 heavy (non-hydrogen) atoms. The fourth-order valence-electron chi connectivity index (χ4n) is 1.23. The van der Waals surface area contributed by atoms with Gasteiger partial charge in [-0.2, -0.15) is 13.2 Å². The van der Waals surface area contributed by atoms with Crippen LogP contribution in [0, 0.1) is 0 Å². The van der Waals surface area contributed by atoms with Crippen LogP contribution in [0.25, 0.3) is 6.08 Å². The lowest BCUT2D eigenvalue weighted by atomic mass is 10.1. The third-order valence-corrected chi connectivity index (χ3v) is 2.07. The highest BCUT2D eigenvalue weighted by atomic mass is 19.4. The molecule has 0 atom stereocenters. The van der Waals surface area contributed by atoms with E-state index >= 15 is 0 Å². The monoisotopic (exact) mass is 258 g/mol. The lowest BCUT2D eigenvalue weighted by molar-refractivity contribution is -0.138. The summed E-state index contributed by atoms with van der Waals surface area (Å²) in [4.78, 5) is 11.1. The maximum absolute atomic E-state index is 12.4. The Labute approximate surface area is 103 Å². The SMILES string of the molecule is CCCOC(=O)/C=C/c1cccc(C(F)(F)F)c1. The van der Waals surface area contributed by atoms with Crippen LogP contribution in [-0.2, 0) is 15.7 Å². The Morgan fingerprint density at radius 3 is 2.72 bits per heavy atom. The van der Waals surface area contributed by atoms with Crippen LogP contribution in [0.5, 0.6) is 0 Å². The van der Waals surface area contributed by atoms with Gasteiger partial charge in [-0.15, -0.1) is 0 Å². The maximum atomic E-state index is 12.4. The molecule has 0 N–H and O–H groups in total. The van der Waals surface area contributed by atoms with Crippen LogP contribution >= 0.6 is 0 Å². The summed E-state index contributed by atoms with van der Waals surface area (Å²) in [5.74, 6) is -0.561. The predicted molar refractivity (Wildman–Crippen MR) is 61.7 cm³/mol. The molecular formula is C13H13F3O2. The molecule has 0 spiro atoms. The van der Waals surface area contributed by atoms with Gasteiger partial charge in [-0.05, 0) is 30.2 Å². The van der Waals surface area contributed by atoms with E-state index in [4.69, 9.17) is 4.74 Å². The minimum atomic E-state index is -4.38. The molecule has 0 aliphatic carbocycles. The molecule has 5 heteroatoms. The van der Waals surface area contributed by atoms with Crippen molar-refractivity contribution in [2.24, 2.45) is 0 Å². The average Bonchev–Trinajstić information content (AvgIpc) is 2.33. The minimum absolute atomic E-state index is 0.297. The molecule has 2 nitrogen and oxygen atoms in total. The maximum Gasteiger partial charge on any atom is 0.416 e. The van der Waals surface area contributed by atoms with Crippen molar-refractivity contribution in [3.63, 3.8) is 0 Å². The Morgan fingerprint density at radius 2 is 2.11 bits per heavy atom. The van der Waals surface area contributed by atoms with Crippen LogP contribution < -0.4 is 0 Å². The topological polar surface area (TPSA) is 26.3 Å². The van der Waals surface area contributed by atoms with Crippen molar-refractivity contribution in [3.8, 4) is 0 Å². The van der Waals surface area contributed by atoms with Gasteiger partial charge in [0.05, 0.1) is 12.2 Å². The second-order valence-electron chi connectivity index (χ2n) is 3.62. The van der Waals surface area contributed by atoms with Gasteiger partial charge in [0.15, 0.2) is 0 Å². The summed E-state index contributed by atoms with van der Waals surface area (Å²) in [5.41, 5.74) is -0.440. The number of rotatable bonds is 4. The molecule has 0 saturated heterocycles. The summed E-state index contributed by atoms with van der Waals surface area (Å²) < 4.78 is 42.0. The summed E-state index contributed by atoms with van der Waals surface area (Å²) in [5, 5.41) is 0. The molecule has 1 rings (SSSR count). The van der Waals surface area contributed by atoms with E-state index in [2.05, 4.69) is 0 Å². The van der Waals surface area contributed by atoms with Crippen LogP contribution in [0.2, 0.25) is 0 Å². The molecule has 1 aromatic rings. The van der Waals surface area contributed by atoms with Crippen molar-refractivity contribution in [2.45, 2.75) is 19.5 Å². The number of benzene rings is 1. The highest BCUT2D eigenvalue weighted by Gasteiger charge is 2.30. The van der Waals surface area contributed by atoms with Crippen molar-refractivity contribution in [1.29, 1.82) is 0 Å². The van der Waals surface area contributed by atoms with E-state index < -0.39 is 17.7 Å². The number of halogens is 3. The fraction of sp³-hybridized carbons (Fsp3) is 0.308. The molecule has 0 bridgehead atoms. The largest absolute Gasteiger partial charge is 0.463 e. The summed E-state index contributed by atoms with van der Waals surface area (Å²) in [6, 6.07) is 4.73. The van der Waals surface area contributed by atoms with Gasteiger partial charge in [0.25, 0.3) is 0 Å². The van der Waals surface area contributed by atoms with Gasteiger partial charge >= 0.3 is 12.1 Å². The van der Waals surface area contributed by atoms with Crippen LogP contribution in [-0.4, -0.2) is 12.6 Å². The Bertz CT molecular complexity index is 436. The Balaban J connectivity index is 2.73. The Kier molecular flexibility index (Phi) is 4.95. The first-order valence-corrected chi connectivity index (χ1v) is 5.45. The van der Waals surface area contributed by atoms with Crippen LogP contribution in [0.3, 0.4) is 0 Å². The van der Waals surface area contributed by atoms with Crippen LogP contribution in [0.4, 0.5) is 13.2 Å². The zero-order valence-electron chi connectivity index (χ0n) is 9.83. The van der Waals surface area contributed by atoms with E-state index in [-0.39, 0.29) is 0 Å². The zero-order chi connectivity index (χ0) is 13.6. The normalized spacial score (nSPS) is 11.8. The van der Waals surface area contributed by atoms with E-state index in [9.17, 15) is 18.0 Å². The Hall–Kier alpha value is -1.78. The molecule has 98 valence electrons.